The maximum atomic E-state index is 12.5. The van der Waals surface area contributed by atoms with Crippen LogP contribution < -0.4 is 11.1 Å². The summed E-state index contributed by atoms with van der Waals surface area (Å²) in [6.45, 7) is 0. The van der Waals surface area contributed by atoms with Crippen molar-refractivity contribution in [2.45, 2.75) is 5.66 Å². The first kappa shape index (κ1) is 18.4. The Morgan fingerprint density at radius 1 is 1.19 bits per heavy atom. The van der Waals surface area contributed by atoms with Gasteiger partial charge in [-0.2, -0.15) is 0 Å². The highest BCUT2D eigenvalue weighted by atomic mass is 32.1. The molecule has 6 nitrogen and oxygen atoms in total. The summed E-state index contributed by atoms with van der Waals surface area (Å²) in [5, 5.41) is 4.63. The Morgan fingerprint density at radius 3 is 2.62 bits per heavy atom. The van der Waals surface area contributed by atoms with Gasteiger partial charge in [0.25, 0.3) is 0 Å². The number of rotatable bonds is 5. The molecule has 0 fully saturated rings. The highest BCUT2D eigenvalue weighted by Gasteiger charge is 2.38. The van der Waals surface area contributed by atoms with Gasteiger partial charge in [-0.25, -0.2) is 0 Å². The normalized spacial score (nSPS) is 13.2. The first-order valence-corrected chi connectivity index (χ1v) is 10.3. The second-order valence-corrected chi connectivity index (χ2v) is 8.30. The maximum absolute atomic E-state index is 12.5. The van der Waals surface area contributed by atoms with Crippen LogP contribution in [0.4, 0.5) is 5.69 Å². The van der Waals surface area contributed by atoms with E-state index in [1.165, 1.54) is 17.5 Å². The minimum Gasteiger partial charge on any atom is -0.399 e. The van der Waals surface area contributed by atoms with Crippen LogP contribution >= 0.6 is 18.9 Å². The number of amides is 1. The van der Waals surface area contributed by atoms with Crippen LogP contribution in [0.2, 0.25) is 0 Å². The predicted molar refractivity (Wildman–Crippen MR) is 105 cm³/mol. The van der Waals surface area contributed by atoms with E-state index in [1.807, 2.05) is 30.3 Å². The Hall–Kier alpha value is -2.44. The number of thiophene rings is 1. The van der Waals surface area contributed by atoms with E-state index in [0.29, 0.717) is 11.1 Å². The van der Waals surface area contributed by atoms with Gasteiger partial charge in [0.15, 0.2) is 5.66 Å². The molecule has 1 heterocycles. The lowest BCUT2D eigenvalue weighted by atomic mass is 10.1. The number of carbonyl (C=O) groups excluding carboxylic acids is 1. The van der Waals surface area contributed by atoms with E-state index in [0.717, 1.165) is 10.3 Å². The van der Waals surface area contributed by atoms with Crippen molar-refractivity contribution < 1.29 is 19.1 Å². The van der Waals surface area contributed by atoms with E-state index in [-0.39, 0.29) is 5.56 Å². The Balaban J connectivity index is 1.91. The molecule has 5 N–H and O–H groups in total. The SMILES string of the molecule is Nc1ccc2scc(C(C(=O)N/C=C/c3ccccc3)P(=O)(O)O)c2c1. The molecule has 134 valence electrons. The van der Waals surface area contributed by atoms with Crippen molar-refractivity contribution in [1.82, 2.24) is 5.32 Å². The molecule has 1 aromatic heterocycles. The minimum absolute atomic E-state index is 0.274. The third-order valence-corrected chi connectivity index (χ3v) is 5.97. The number of carbonyl (C=O) groups is 1. The van der Waals surface area contributed by atoms with Crippen molar-refractivity contribution in [3.63, 3.8) is 0 Å². The average molecular weight is 388 g/mol. The third-order valence-electron chi connectivity index (χ3n) is 3.81. The number of nitrogens with two attached hydrogens (primary N) is 1. The number of fused-ring (bicyclic) bond motifs is 1. The lowest BCUT2D eigenvalue weighted by Crippen LogP contribution is -2.25. The molecule has 1 amide bonds. The zero-order valence-corrected chi connectivity index (χ0v) is 15.3. The molecule has 0 spiro atoms. The Kier molecular flexibility index (Phi) is 5.25. The summed E-state index contributed by atoms with van der Waals surface area (Å²) in [6, 6.07) is 14.4. The quantitative estimate of drug-likeness (QED) is 0.395. The molecule has 2 aromatic carbocycles. The van der Waals surface area contributed by atoms with Crippen molar-refractivity contribution in [2.75, 3.05) is 5.73 Å². The van der Waals surface area contributed by atoms with Crippen LogP contribution in [0.3, 0.4) is 0 Å². The first-order valence-electron chi connectivity index (χ1n) is 7.70. The molecule has 0 aliphatic carbocycles. The van der Waals surface area contributed by atoms with Crippen LogP contribution in [0.25, 0.3) is 16.2 Å². The number of anilines is 1. The molecule has 0 radical (unpaired) electrons. The number of nitrogen functional groups attached to an aromatic ring is 1. The fourth-order valence-electron chi connectivity index (χ4n) is 2.62. The second-order valence-electron chi connectivity index (χ2n) is 5.69. The van der Waals surface area contributed by atoms with Crippen LogP contribution in [0, 0.1) is 0 Å². The Labute approximate surface area is 154 Å². The van der Waals surface area contributed by atoms with E-state index < -0.39 is 19.2 Å². The molecular formula is C18H17N2O4PS. The number of hydrogen-bond acceptors (Lipinski definition) is 4. The van der Waals surface area contributed by atoms with E-state index in [2.05, 4.69) is 5.32 Å². The number of hydrogen-bond donors (Lipinski definition) is 4. The average Bonchev–Trinajstić information content (AvgIpc) is 2.97. The molecule has 3 rings (SSSR count). The summed E-state index contributed by atoms with van der Waals surface area (Å²) in [4.78, 5) is 32.1. The van der Waals surface area contributed by atoms with Crippen molar-refractivity contribution >= 4 is 46.7 Å². The summed E-state index contributed by atoms with van der Waals surface area (Å²) < 4.78 is 12.8. The molecular weight excluding hydrogens is 371 g/mol. The third kappa shape index (κ3) is 4.03. The molecule has 1 unspecified atom stereocenters. The van der Waals surface area contributed by atoms with Gasteiger partial charge in [-0.1, -0.05) is 30.3 Å². The lowest BCUT2D eigenvalue weighted by Gasteiger charge is -2.17. The highest BCUT2D eigenvalue weighted by molar-refractivity contribution is 7.53. The number of benzene rings is 2. The minimum atomic E-state index is -4.73. The molecule has 0 aliphatic rings. The van der Waals surface area contributed by atoms with Crippen molar-refractivity contribution in [3.05, 3.63) is 71.2 Å². The first-order chi connectivity index (χ1) is 12.4. The standard InChI is InChI=1S/C18H17N2O4PS/c19-13-6-7-16-14(10-13)15(11-26-16)17(25(22,23)24)18(21)20-9-8-12-4-2-1-3-5-12/h1-11,17H,19H2,(H,20,21)(H2,22,23,24)/b9-8+. The summed E-state index contributed by atoms with van der Waals surface area (Å²) in [5.41, 5.74) is 5.78. The van der Waals surface area contributed by atoms with Crippen molar-refractivity contribution in [3.8, 4) is 0 Å². The van der Waals surface area contributed by atoms with E-state index in [1.54, 1.807) is 29.7 Å². The van der Waals surface area contributed by atoms with Crippen molar-refractivity contribution in [1.29, 1.82) is 0 Å². The second kappa shape index (κ2) is 7.43. The van der Waals surface area contributed by atoms with Crippen molar-refractivity contribution in [2.24, 2.45) is 0 Å². The fourth-order valence-corrected chi connectivity index (χ4v) is 4.64. The van der Waals surface area contributed by atoms with Gasteiger partial charge in [0, 0.05) is 16.6 Å². The smallest absolute Gasteiger partial charge is 0.342 e. The van der Waals surface area contributed by atoms with E-state index in [4.69, 9.17) is 5.73 Å². The zero-order chi connectivity index (χ0) is 18.7. The molecule has 1 atom stereocenters. The van der Waals surface area contributed by atoms with Crippen LogP contribution in [0.1, 0.15) is 16.8 Å². The van der Waals surface area contributed by atoms with Gasteiger partial charge >= 0.3 is 7.60 Å². The summed E-state index contributed by atoms with van der Waals surface area (Å²) in [7, 11) is -4.73. The molecule has 0 saturated carbocycles. The largest absolute Gasteiger partial charge is 0.399 e. The topological polar surface area (TPSA) is 113 Å². The van der Waals surface area contributed by atoms with E-state index in [9.17, 15) is 19.1 Å². The lowest BCUT2D eigenvalue weighted by molar-refractivity contribution is -0.120. The van der Waals surface area contributed by atoms with Gasteiger partial charge in [0.05, 0.1) is 0 Å². The predicted octanol–water partition coefficient (Wildman–Crippen LogP) is 3.49. The molecule has 0 aliphatic heterocycles. The van der Waals surface area contributed by atoms with Gasteiger partial charge < -0.3 is 20.8 Å². The van der Waals surface area contributed by atoms with Gasteiger partial charge in [-0.3, -0.25) is 9.36 Å². The Bertz CT molecular complexity index is 1010. The molecule has 26 heavy (non-hydrogen) atoms. The van der Waals surface area contributed by atoms with Crippen LogP contribution in [-0.2, 0) is 9.36 Å². The zero-order valence-electron chi connectivity index (χ0n) is 13.6. The molecule has 0 saturated heterocycles. The summed E-state index contributed by atoms with van der Waals surface area (Å²) >= 11 is 1.31. The monoisotopic (exact) mass is 388 g/mol. The maximum Gasteiger partial charge on any atom is 0.342 e. The molecule has 3 aromatic rings. The fraction of sp³-hybridized carbons (Fsp3) is 0.0556. The van der Waals surface area contributed by atoms with Crippen LogP contribution in [0.5, 0.6) is 0 Å². The van der Waals surface area contributed by atoms with E-state index >= 15 is 0 Å². The summed E-state index contributed by atoms with van der Waals surface area (Å²) in [6.07, 6.45) is 3.03. The highest BCUT2D eigenvalue weighted by Crippen LogP contribution is 2.54. The van der Waals surface area contributed by atoms with Gasteiger partial charge in [0.1, 0.15) is 0 Å². The Morgan fingerprint density at radius 2 is 1.92 bits per heavy atom. The molecule has 8 heteroatoms. The van der Waals surface area contributed by atoms with Gasteiger partial charge in [0.2, 0.25) is 5.91 Å². The van der Waals surface area contributed by atoms with Gasteiger partial charge in [-0.15, -0.1) is 11.3 Å². The molecule has 0 bridgehead atoms. The van der Waals surface area contributed by atoms with Gasteiger partial charge in [-0.05, 0) is 46.2 Å². The van der Waals surface area contributed by atoms with Crippen LogP contribution in [-0.4, -0.2) is 15.7 Å². The number of nitrogens with one attached hydrogen (secondary N) is 1. The summed E-state index contributed by atoms with van der Waals surface area (Å²) in [5.74, 6) is -0.771. The van der Waals surface area contributed by atoms with Crippen LogP contribution in [0.15, 0.2) is 60.1 Å².